The van der Waals surface area contributed by atoms with Gasteiger partial charge in [0.1, 0.15) is 0 Å². The molecule has 0 saturated carbocycles. The molecule has 0 aromatic heterocycles. The van der Waals surface area contributed by atoms with E-state index in [1.54, 1.807) is 0 Å². The molecule has 0 spiro atoms. The topological polar surface area (TPSA) is 24.5 Å². The first-order valence-corrected chi connectivity index (χ1v) is 6.98. The van der Waals surface area contributed by atoms with Gasteiger partial charge in [0.15, 0.2) is 0 Å². The zero-order valence-electron chi connectivity index (χ0n) is 12.6. The summed E-state index contributed by atoms with van der Waals surface area (Å²) in [7, 11) is 2.18. The lowest BCUT2D eigenvalue weighted by Crippen LogP contribution is -2.33. The van der Waals surface area contributed by atoms with Crippen LogP contribution in [0.2, 0.25) is 0 Å². The highest BCUT2D eigenvalue weighted by atomic mass is 16.5. The fourth-order valence-corrected chi connectivity index (χ4v) is 1.66. The fourth-order valence-electron chi connectivity index (χ4n) is 1.66. The predicted octanol–water partition coefficient (Wildman–Crippen LogP) is 2.51. The van der Waals surface area contributed by atoms with Gasteiger partial charge >= 0.3 is 0 Å². The van der Waals surface area contributed by atoms with Crippen molar-refractivity contribution in [2.24, 2.45) is 0 Å². The molecule has 0 aliphatic carbocycles. The first-order valence-electron chi connectivity index (χ1n) is 6.98. The molecule has 17 heavy (non-hydrogen) atoms. The summed E-state index contributed by atoms with van der Waals surface area (Å²) < 4.78 is 5.57. The maximum absolute atomic E-state index is 5.57. The summed E-state index contributed by atoms with van der Waals surface area (Å²) in [6, 6.07) is 1.24. The lowest BCUT2D eigenvalue weighted by Gasteiger charge is -2.25. The third kappa shape index (κ3) is 10.7. The van der Waals surface area contributed by atoms with Crippen molar-refractivity contribution < 1.29 is 4.74 Å². The minimum atomic E-state index is 0.342. The summed E-state index contributed by atoms with van der Waals surface area (Å²) >= 11 is 0. The van der Waals surface area contributed by atoms with Crippen molar-refractivity contribution in [1.29, 1.82) is 0 Å². The molecule has 0 aromatic rings. The van der Waals surface area contributed by atoms with E-state index in [2.05, 4.69) is 51.9 Å². The molecule has 3 nitrogen and oxygen atoms in total. The lowest BCUT2D eigenvalue weighted by molar-refractivity contribution is 0.0564. The second-order valence-corrected chi connectivity index (χ2v) is 5.50. The molecule has 3 heteroatoms. The van der Waals surface area contributed by atoms with Gasteiger partial charge in [0, 0.05) is 18.6 Å². The van der Waals surface area contributed by atoms with E-state index in [1.807, 2.05) is 0 Å². The molecule has 0 rings (SSSR count). The Morgan fingerprint density at radius 3 is 2.29 bits per heavy atom. The highest BCUT2D eigenvalue weighted by Crippen LogP contribution is 2.04. The van der Waals surface area contributed by atoms with Crippen LogP contribution in [0.1, 0.15) is 47.5 Å². The highest BCUT2D eigenvalue weighted by molar-refractivity contribution is 4.64. The Morgan fingerprint density at radius 2 is 1.76 bits per heavy atom. The normalized spacial score (nSPS) is 13.9. The SMILES string of the molecule is CC(C)NCCCC(C)N(C)CCOC(C)C. The van der Waals surface area contributed by atoms with Crippen molar-refractivity contribution in [2.75, 3.05) is 26.7 Å². The van der Waals surface area contributed by atoms with Crippen LogP contribution >= 0.6 is 0 Å². The van der Waals surface area contributed by atoms with Crippen LogP contribution in [0.25, 0.3) is 0 Å². The fraction of sp³-hybridized carbons (Fsp3) is 1.00. The summed E-state index contributed by atoms with van der Waals surface area (Å²) in [4.78, 5) is 2.39. The number of rotatable bonds is 10. The van der Waals surface area contributed by atoms with Gasteiger partial charge in [-0.3, -0.25) is 0 Å². The van der Waals surface area contributed by atoms with Crippen LogP contribution in [0, 0.1) is 0 Å². The molecule has 0 amide bonds. The van der Waals surface area contributed by atoms with Gasteiger partial charge in [0.2, 0.25) is 0 Å². The number of ether oxygens (including phenoxy) is 1. The Morgan fingerprint density at radius 1 is 1.12 bits per heavy atom. The Hall–Kier alpha value is -0.120. The molecule has 0 bridgehead atoms. The van der Waals surface area contributed by atoms with E-state index >= 15 is 0 Å². The molecule has 0 aliphatic rings. The molecule has 0 saturated heterocycles. The van der Waals surface area contributed by atoms with Gasteiger partial charge < -0.3 is 15.0 Å². The molecule has 0 radical (unpaired) electrons. The predicted molar refractivity (Wildman–Crippen MR) is 75.6 cm³/mol. The first-order chi connectivity index (χ1) is 7.93. The number of hydrogen-bond acceptors (Lipinski definition) is 3. The Kier molecular flexibility index (Phi) is 9.79. The van der Waals surface area contributed by atoms with Gasteiger partial charge in [-0.05, 0) is 47.2 Å². The average Bonchev–Trinajstić information content (AvgIpc) is 2.23. The van der Waals surface area contributed by atoms with Crippen LogP contribution in [0.15, 0.2) is 0 Å². The molecule has 0 aromatic carbocycles. The molecular weight excluding hydrogens is 212 g/mol. The number of likely N-dealkylation sites (N-methyl/N-ethyl adjacent to an activating group) is 1. The lowest BCUT2D eigenvalue weighted by atomic mass is 10.1. The molecule has 0 aliphatic heterocycles. The Labute approximate surface area is 108 Å². The highest BCUT2D eigenvalue weighted by Gasteiger charge is 2.08. The molecule has 104 valence electrons. The quantitative estimate of drug-likeness (QED) is 0.598. The molecule has 0 heterocycles. The van der Waals surface area contributed by atoms with Crippen molar-refractivity contribution in [3.8, 4) is 0 Å². The van der Waals surface area contributed by atoms with Crippen LogP contribution in [-0.4, -0.2) is 49.8 Å². The van der Waals surface area contributed by atoms with Gasteiger partial charge in [-0.2, -0.15) is 0 Å². The Balaban J connectivity index is 3.49. The largest absolute Gasteiger partial charge is 0.377 e. The summed E-state index contributed by atoms with van der Waals surface area (Å²) in [5.41, 5.74) is 0. The smallest absolute Gasteiger partial charge is 0.0596 e. The monoisotopic (exact) mass is 244 g/mol. The van der Waals surface area contributed by atoms with E-state index in [-0.39, 0.29) is 0 Å². The standard InChI is InChI=1S/C14H32N2O/c1-12(2)15-9-7-8-14(5)16(6)10-11-17-13(3)4/h12-15H,7-11H2,1-6H3. The van der Waals surface area contributed by atoms with E-state index in [0.29, 0.717) is 18.2 Å². The summed E-state index contributed by atoms with van der Waals surface area (Å²) in [5.74, 6) is 0. The van der Waals surface area contributed by atoms with Crippen LogP contribution in [-0.2, 0) is 4.74 Å². The van der Waals surface area contributed by atoms with E-state index in [0.717, 1.165) is 19.7 Å². The van der Waals surface area contributed by atoms with Crippen LogP contribution in [0.3, 0.4) is 0 Å². The van der Waals surface area contributed by atoms with Gasteiger partial charge in [-0.25, -0.2) is 0 Å². The second-order valence-electron chi connectivity index (χ2n) is 5.50. The zero-order valence-corrected chi connectivity index (χ0v) is 12.6. The van der Waals surface area contributed by atoms with Gasteiger partial charge in [0.25, 0.3) is 0 Å². The van der Waals surface area contributed by atoms with Crippen molar-refractivity contribution in [2.45, 2.75) is 65.6 Å². The maximum atomic E-state index is 5.57. The minimum absolute atomic E-state index is 0.342. The average molecular weight is 244 g/mol. The number of nitrogens with one attached hydrogen (secondary N) is 1. The van der Waals surface area contributed by atoms with Crippen LogP contribution < -0.4 is 5.32 Å². The van der Waals surface area contributed by atoms with Crippen molar-refractivity contribution >= 4 is 0 Å². The van der Waals surface area contributed by atoms with Gasteiger partial charge in [-0.1, -0.05) is 13.8 Å². The Bertz CT molecular complexity index is 172. The van der Waals surface area contributed by atoms with Crippen LogP contribution in [0.4, 0.5) is 0 Å². The van der Waals surface area contributed by atoms with E-state index in [1.165, 1.54) is 12.8 Å². The summed E-state index contributed by atoms with van der Waals surface area (Å²) in [6.45, 7) is 13.8. The molecule has 1 N–H and O–H groups in total. The molecular formula is C14H32N2O. The van der Waals surface area contributed by atoms with Gasteiger partial charge in [-0.15, -0.1) is 0 Å². The number of nitrogens with zero attached hydrogens (tertiary/aromatic N) is 1. The van der Waals surface area contributed by atoms with Crippen molar-refractivity contribution in [3.05, 3.63) is 0 Å². The van der Waals surface area contributed by atoms with E-state index < -0.39 is 0 Å². The molecule has 1 unspecified atom stereocenters. The molecule has 1 atom stereocenters. The van der Waals surface area contributed by atoms with Crippen molar-refractivity contribution in [3.63, 3.8) is 0 Å². The van der Waals surface area contributed by atoms with Crippen LogP contribution in [0.5, 0.6) is 0 Å². The first kappa shape index (κ1) is 16.9. The molecule has 0 fully saturated rings. The second kappa shape index (κ2) is 9.86. The van der Waals surface area contributed by atoms with Gasteiger partial charge in [0.05, 0.1) is 12.7 Å². The zero-order chi connectivity index (χ0) is 13.3. The summed E-state index contributed by atoms with van der Waals surface area (Å²) in [5, 5.41) is 3.45. The number of hydrogen-bond donors (Lipinski definition) is 1. The third-order valence-corrected chi connectivity index (χ3v) is 3.00. The minimum Gasteiger partial charge on any atom is -0.377 e. The van der Waals surface area contributed by atoms with E-state index in [4.69, 9.17) is 4.74 Å². The maximum Gasteiger partial charge on any atom is 0.0596 e. The third-order valence-electron chi connectivity index (χ3n) is 3.00. The van der Waals surface area contributed by atoms with E-state index in [9.17, 15) is 0 Å². The van der Waals surface area contributed by atoms with Crippen molar-refractivity contribution in [1.82, 2.24) is 10.2 Å². The summed E-state index contributed by atoms with van der Waals surface area (Å²) in [6.07, 6.45) is 2.83.